The van der Waals surface area contributed by atoms with Crippen LogP contribution in [0, 0.1) is 0 Å². The van der Waals surface area contributed by atoms with Crippen molar-refractivity contribution in [3.05, 3.63) is 72.9 Å². The SMILES string of the molecule is CC/C=C\C/C=C\C/C=C\C/C=C\C/C=C\CCCCCC(=O)OC[C@H](COC(=O)CCCCCCCCCCCCC/C=C\CCCCCCCC)OC(=O)CCCCCCCCCCCCCCCCC. The van der Waals surface area contributed by atoms with E-state index in [1.165, 1.54) is 180 Å². The molecule has 0 rings (SSSR count). The second-order valence-corrected chi connectivity index (χ2v) is 20.9. The second kappa shape index (κ2) is 61.4. The summed E-state index contributed by atoms with van der Waals surface area (Å²) in [6, 6.07) is 0. The summed E-state index contributed by atoms with van der Waals surface area (Å²) in [5.41, 5.74) is 0. The van der Waals surface area contributed by atoms with Gasteiger partial charge in [0.1, 0.15) is 13.2 Å². The molecule has 0 spiro atoms. The molecule has 0 fully saturated rings. The van der Waals surface area contributed by atoms with Crippen molar-refractivity contribution in [3.8, 4) is 0 Å². The van der Waals surface area contributed by atoms with Gasteiger partial charge in [-0.05, 0) is 89.9 Å². The lowest BCUT2D eigenvalue weighted by Crippen LogP contribution is -2.30. The zero-order valence-corrected chi connectivity index (χ0v) is 48.4. The highest BCUT2D eigenvalue weighted by Gasteiger charge is 2.19. The minimum absolute atomic E-state index is 0.0834. The number of hydrogen-bond donors (Lipinski definition) is 0. The highest BCUT2D eigenvalue weighted by Crippen LogP contribution is 2.17. The Morgan fingerprint density at radius 1 is 0.288 bits per heavy atom. The lowest BCUT2D eigenvalue weighted by atomic mass is 10.0. The largest absolute Gasteiger partial charge is 0.462 e. The van der Waals surface area contributed by atoms with Crippen molar-refractivity contribution in [2.45, 2.75) is 322 Å². The van der Waals surface area contributed by atoms with Gasteiger partial charge in [0.05, 0.1) is 0 Å². The topological polar surface area (TPSA) is 78.9 Å². The van der Waals surface area contributed by atoms with Crippen LogP contribution in [0.25, 0.3) is 0 Å². The number of unbranched alkanes of at least 4 members (excludes halogenated alkanes) is 34. The zero-order chi connectivity index (χ0) is 52.9. The van der Waals surface area contributed by atoms with Crippen LogP contribution in [0.5, 0.6) is 0 Å². The maximum Gasteiger partial charge on any atom is 0.306 e. The molecule has 0 amide bonds. The smallest absolute Gasteiger partial charge is 0.306 e. The lowest BCUT2D eigenvalue weighted by Gasteiger charge is -2.18. The number of esters is 3. The van der Waals surface area contributed by atoms with E-state index in [0.29, 0.717) is 19.3 Å². The number of carbonyl (C=O) groups excluding carboxylic acids is 3. The third kappa shape index (κ3) is 59.6. The molecule has 0 radical (unpaired) electrons. The van der Waals surface area contributed by atoms with Crippen molar-refractivity contribution in [3.63, 3.8) is 0 Å². The first-order chi connectivity index (χ1) is 36.0. The monoisotopic (exact) mass is 1020 g/mol. The standard InChI is InChI=1S/C67H118O6/c1-4-7-10-13-16-19-22-25-28-30-32-33-35-37-40-42-45-48-51-54-57-60-66(69)72-63-64(73-67(70)61-58-55-52-49-46-43-38-27-24-21-18-15-12-9-6-3)62-71-65(68)59-56-53-50-47-44-41-39-36-34-31-29-26-23-20-17-14-11-8-5-2/h8,11,17,20,25-26,28-29,34,36,41,44,64H,4-7,9-10,12-16,18-19,21-24,27,30-33,35,37-40,42-43,45-63H2,1-3H3/b11-8-,20-17-,28-25-,29-26-,36-34-,44-41-/t64-/m1/s1. The van der Waals surface area contributed by atoms with E-state index >= 15 is 0 Å². The molecular formula is C67H118O6. The van der Waals surface area contributed by atoms with E-state index in [1.54, 1.807) is 0 Å². The Balaban J connectivity index is 4.38. The van der Waals surface area contributed by atoms with Crippen LogP contribution in [-0.2, 0) is 28.6 Å². The van der Waals surface area contributed by atoms with E-state index in [9.17, 15) is 14.4 Å². The van der Waals surface area contributed by atoms with E-state index in [4.69, 9.17) is 14.2 Å². The Morgan fingerprint density at radius 3 is 0.863 bits per heavy atom. The van der Waals surface area contributed by atoms with E-state index < -0.39 is 6.10 Å². The van der Waals surface area contributed by atoms with E-state index in [-0.39, 0.29) is 31.1 Å². The van der Waals surface area contributed by atoms with Crippen molar-refractivity contribution in [1.82, 2.24) is 0 Å². The highest BCUT2D eigenvalue weighted by molar-refractivity contribution is 5.71. The predicted octanol–water partition coefficient (Wildman–Crippen LogP) is 21.3. The van der Waals surface area contributed by atoms with Crippen molar-refractivity contribution in [2.24, 2.45) is 0 Å². The van der Waals surface area contributed by atoms with Crippen LogP contribution in [0.15, 0.2) is 72.9 Å². The van der Waals surface area contributed by atoms with E-state index in [2.05, 4.69) is 93.7 Å². The van der Waals surface area contributed by atoms with E-state index in [1.807, 2.05) is 0 Å². The fraction of sp³-hybridized carbons (Fsp3) is 0.776. The Kier molecular flexibility index (Phi) is 58.7. The summed E-state index contributed by atoms with van der Waals surface area (Å²) in [6.45, 7) is 6.53. The molecule has 0 aliphatic carbocycles. The third-order valence-electron chi connectivity index (χ3n) is 13.7. The normalized spacial score (nSPS) is 12.5. The molecule has 0 aromatic rings. The number of hydrogen-bond acceptors (Lipinski definition) is 6. The lowest BCUT2D eigenvalue weighted by molar-refractivity contribution is -0.167. The summed E-state index contributed by atoms with van der Waals surface area (Å²) in [7, 11) is 0. The maximum absolute atomic E-state index is 12.9. The van der Waals surface area contributed by atoms with Crippen molar-refractivity contribution < 1.29 is 28.6 Å². The van der Waals surface area contributed by atoms with Gasteiger partial charge in [0, 0.05) is 19.3 Å². The molecule has 6 nitrogen and oxygen atoms in total. The fourth-order valence-electron chi connectivity index (χ4n) is 9.00. The van der Waals surface area contributed by atoms with Gasteiger partial charge in [0.15, 0.2) is 6.10 Å². The molecule has 6 heteroatoms. The van der Waals surface area contributed by atoms with Crippen LogP contribution in [0.3, 0.4) is 0 Å². The minimum atomic E-state index is -0.788. The van der Waals surface area contributed by atoms with Crippen LogP contribution < -0.4 is 0 Å². The van der Waals surface area contributed by atoms with Gasteiger partial charge in [0.2, 0.25) is 0 Å². The van der Waals surface area contributed by atoms with Gasteiger partial charge in [-0.3, -0.25) is 14.4 Å². The molecule has 1 atom stereocenters. The Bertz CT molecular complexity index is 1360. The molecule has 0 aromatic heterocycles. The number of ether oxygens (including phenoxy) is 3. The Morgan fingerprint density at radius 2 is 0.534 bits per heavy atom. The highest BCUT2D eigenvalue weighted by atomic mass is 16.6. The van der Waals surface area contributed by atoms with Gasteiger partial charge in [-0.2, -0.15) is 0 Å². The molecule has 0 N–H and O–H groups in total. The molecule has 0 aliphatic rings. The molecule has 0 saturated heterocycles. The van der Waals surface area contributed by atoms with Crippen molar-refractivity contribution >= 4 is 17.9 Å². The average molecular weight is 1020 g/mol. The second-order valence-electron chi connectivity index (χ2n) is 20.9. The molecule has 0 heterocycles. The molecular weight excluding hydrogens is 901 g/mol. The molecule has 0 bridgehead atoms. The molecule has 0 aromatic carbocycles. The maximum atomic E-state index is 12.9. The van der Waals surface area contributed by atoms with Crippen molar-refractivity contribution in [2.75, 3.05) is 13.2 Å². The van der Waals surface area contributed by atoms with Crippen molar-refractivity contribution in [1.29, 1.82) is 0 Å². The molecule has 0 saturated carbocycles. The zero-order valence-electron chi connectivity index (χ0n) is 48.4. The van der Waals surface area contributed by atoms with Gasteiger partial charge >= 0.3 is 17.9 Å². The Hall–Kier alpha value is -3.15. The Labute approximate surface area is 453 Å². The van der Waals surface area contributed by atoms with Crippen LogP contribution in [0.2, 0.25) is 0 Å². The summed E-state index contributed by atoms with van der Waals surface area (Å²) >= 11 is 0. The third-order valence-corrected chi connectivity index (χ3v) is 13.7. The fourth-order valence-corrected chi connectivity index (χ4v) is 9.00. The van der Waals surface area contributed by atoms with Gasteiger partial charge in [-0.15, -0.1) is 0 Å². The first-order valence-electron chi connectivity index (χ1n) is 31.4. The molecule has 0 unspecified atom stereocenters. The summed E-state index contributed by atoms with van der Waals surface area (Å²) < 4.78 is 16.9. The minimum Gasteiger partial charge on any atom is -0.462 e. The number of carbonyl (C=O) groups is 3. The van der Waals surface area contributed by atoms with Crippen LogP contribution in [0.4, 0.5) is 0 Å². The summed E-state index contributed by atoms with van der Waals surface area (Å²) in [6.07, 6.45) is 79.0. The molecule has 422 valence electrons. The first kappa shape index (κ1) is 69.8. The van der Waals surface area contributed by atoms with Gasteiger partial charge in [-0.25, -0.2) is 0 Å². The summed E-state index contributed by atoms with van der Waals surface area (Å²) in [5.74, 6) is -0.902. The van der Waals surface area contributed by atoms with E-state index in [0.717, 1.165) is 96.3 Å². The molecule has 73 heavy (non-hydrogen) atoms. The predicted molar refractivity (Wildman–Crippen MR) is 316 cm³/mol. The summed E-state index contributed by atoms with van der Waals surface area (Å²) in [4.78, 5) is 38.3. The quantitative estimate of drug-likeness (QED) is 0.0261. The van der Waals surface area contributed by atoms with Crippen LogP contribution in [-0.4, -0.2) is 37.2 Å². The number of allylic oxidation sites excluding steroid dienone is 12. The summed E-state index contributed by atoms with van der Waals surface area (Å²) in [5, 5.41) is 0. The first-order valence-corrected chi connectivity index (χ1v) is 31.4. The van der Waals surface area contributed by atoms with Gasteiger partial charge < -0.3 is 14.2 Å². The average Bonchev–Trinajstić information content (AvgIpc) is 3.39. The van der Waals surface area contributed by atoms with Gasteiger partial charge in [-0.1, -0.05) is 280 Å². The molecule has 0 aliphatic heterocycles. The van der Waals surface area contributed by atoms with Crippen LogP contribution in [0.1, 0.15) is 316 Å². The number of rotatable bonds is 57. The van der Waals surface area contributed by atoms with Gasteiger partial charge in [0.25, 0.3) is 0 Å². The van der Waals surface area contributed by atoms with Crippen LogP contribution >= 0.6 is 0 Å².